The van der Waals surface area contributed by atoms with Crippen molar-refractivity contribution in [3.63, 3.8) is 0 Å². The number of rotatable bonds is 6. The zero-order chi connectivity index (χ0) is 11.4. The van der Waals surface area contributed by atoms with Crippen LogP contribution >= 0.6 is 0 Å². The van der Waals surface area contributed by atoms with Gasteiger partial charge in [0.05, 0.1) is 12.8 Å². The number of hydrogen-bond acceptors (Lipinski definition) is 3. The highest BCUT2D eigenvalue weighted by Crippen LogP contribution is 2.24. The molecule has 1 aliphatic rings. The molecule has 0 aromatic heterocycles. The van der Waals surface area contributed by atoms with E-state index in [0.29, 0.717) is 17.5 Å². The van der Waals surface area contributed by atoms with Crippen LogP contribution in [0, 0.1) is 5.82 Å². The molecule has 1 saturated carbocycles. The molecule has 0 heterocycles. The third-order valence-electron chi connectivity index (χ3n) is 2.61. The van der Waals surface area contributed by atoms with Crippen molar-refractivity contribution >= 4 is 5.69 Å². The molecule has 16 heavy (non-hydrogen) atoms. The molecule has 4 heteroatoms. The minimum atomic E-state index is -0.251. The summed E-state index contributed by atoms with van der Waals surface area (Å²) in [4.78, 5) is 0. The number of benzene rings is 1. The van der Waals surface area contributed by atoms with Crippen LogP contribution in [-0.4, -0.2) is 26.2 Å². The topological polar surface area (TPSA) is 33.3 Å². The SMILES string of the molecule is COc1ccc(F)cc1NCCNC1CC1. The summed E-state index contributed by atoms with van der Waals surface area (Å²) in [5.41, 5.74) is 0.708. The van der Waals surface area contributed by atoms with E-state index in [-0.39, 0.29) is 5.82 Å². The maximum atomic E-state index is 13.0. The van der Waals surface area contributed by atoms with Gasteiger partial charge in [-0.1, -0.05) is 0 Å². The van der Waals surface area contributed by atoms with Gasteiger partial charge in [0.15, 0.2) is 0 Å². The fourth-order valence-electron chi connectivity index (χ4n) is 1.58. The van der Waals surface area contributed by atoms with Crippen LogP contribution in [0.4, 0.5) is 10.1 Å². The Hall–Kier alpha value is -1.29. The smallest absolute Gasteiger partial charge is 0.142 e. The minimum absolute atomic E-state index is 0.251. The lowest BCUT2D eigenvalue weighted by molar-refractivity contribution is 0.415. The second kappa shape index (κ2) is 5.16. The first-order valence-corrected chi connectivity index (χ1v) is 5.60. The predicted molar refractivity (Wildman–Crippen MR) is 62.5 cm³/mol. The fraction of sp³-hybridized carbons (Fsp3) is 0.500. The number of halogens is 1. The number of hydrogen-bond donors (Lipinski definition) is 2. The average Bonchev–Trinajstić information content (AvgIpc) is 3.08. The van der Waals surface area contributed by atoms with E-state index in [0.717, 1.165) is 13.1 Å². The first kappa shape index (κ1) is 11.2. The molecule has 1 aromatic rings. The van der Waals surface area contributed by atoms with Crippen LogP contribution in [0.5, 0.6) is 5.75 Å². The minimum Gasteiger partial charge on any atom is -0.495 e. The summed E-state index contributed by atoms with van der Waals surface area (Å²) < 4.78 is 18.2. The number of methoxy groups -OCH3 is 1. The number of nitrogens with one attached hydrogen (secondary N) is 2. The van der Waals surface area contributed by atoms with Gasteiger partial charge in [0, 0.05) is 25.2 Å². The molecule has 2 rings (SSSR count). The normalized spacial score (nSPS) is 14.9. The third kappa shape index (κ3) is 3.10. The molecule has 1 aliphatic carbocycles. The van der Waals surface area contributed by atoms with Crippen molar-refractivity contribution < 1.29 is 9.13 Å². The summed E-state index contributed by atoms with van der Waals surface area (Å²) in [7, 11) is 1.58. The van der Waals surface area contributed by atoms with Crippen molar-refractivity contribution in [3.05, 3.63) is 24.0 Å². The standard InChI is InChI=1S/C12H17FN2O/c1-16-12-5-2-9(13)8-11(12)15-7-6-14-10-3-4-10/h2,5,8,10,14-15H,3-4,6-7H2,1H3. The van der Waals surface area contributed by atoms with Gasteiger partial charge in [-0.25, -0.2) is 4.39 Å². The van der Waals surface area contributed by atoms with Crippen molar-refractivity contribution in [2.75, 3.05) is 25.5 Å². The summed E-state index contributed by atoms with van der Waals surface area (Å²) >= 11 is 0. The van der Waals surface area contributed by atoms with Crippen molar-refractivity contribution in [2.24, 2.45) is 0 Å². The van der Waals surface area contributed by atoms with E-state index in [9.17, 15) is 4.39 Å². The van der Waals surface area contributed by atoms with Gasteiger partial charge in [-0.15, -0.1) is 0 Å². The Labute approximate surface area is 95.0 Å². The van der Waals surface area contributed by atoms with Gasteiger partial charge in [0.25, 0.3) is 0 Å². The summed E-state index contributed by atoms with van der Waals surface area (Å²) in [5, 5.41) is 6.54. The first-order chi connectivity index (χ1) is 7.79. The number of anilines is 1. The molecule has 1 aromatic carbocycles. The monoisotopic (exact) mass is 224 g/mol. The lowest BCUT2D eigenvalue weighted by Crippen LogP contribution is -2.24. The van der Waals surface area contributed by atoms with E-state index in [1.165, 1.54) is 25.0 Å². The Bertz CT molecular complexity index is 353. The van der Waals surface area contributed by atoms with Gasteiger partial charge in [-0.3, -0.25) is 0 Å². The molecule has 0 aliphatic heterocycles. The molecule has 88 valence electrons. The van der Waals surface area contributed by atoms with Crippen LogP contribution in [0.1, 0.15) is 12.8 Å². The lowest BCUT2D eigenvalue weighted by Gasteiger charge is -2.11. The average molecular weight is 224 g/mol. The predicted octanol–water partition coefficient (Wildman–Crippen LogP) is 2.00. The zero-order valence-electron chi connectivity index (χ0n) is 9.42. The molecule has 0 unspecified atom stereocenters. The molecular weight excluding hydrogens is 207 g/mol. The summed E-state index contributed by atoms with van der Waals surface area (Å²) in [5.74, 6) is 0.422. The molecule has 0 saturated heterocycles. The molecule has 0 bridgehead atoms. The summed E-state index contributed by atoms with van der Waals surface area (Å²) in [6.45, 7) is 1.67. The van der Waals surface area contributed by atoms with E-state index in [1.54, 1.807) is 13.2 Å². The first-order valence-electron chi connectivity index (χ1n) is 5.60. The Morgan fingerprint density at radius 1 is 1.38 bits per heavy atom. The molecule has 3 nitrogen and oxygen atoms in total. The van der Waals surface area contributed by atoms with Crippen LogP contribution in [-0.2, 0) is 0 Å². The van der Waals surface area contributed by atoms with E-state index < -0.39 is 0 Å². The second-order valence-corrected chi connectivity index (χ2v) is 4.00. The molecule has 0 radical (unpaired) electrons. The maximum Gasteiger partial charge on any atom is 0.142 e. The quantitative estimate of drug-likeness (QED) is 0.725. The molecule has 2 N–H and O–H groups in total. The van der Waals surface area contributed by atoms with E-state index in [1.807, 2.05) is 0 Å². The van der Waals surface area contributed by atoms with E-state index >= 15 is 0 Å². The molecular formula is C12H17FN2O. The Kier molecular flexibility index (Phi) is 3.62. The van der Waals surface area contributed by atoms with Crippen molar-refractivity contribution in [1.82, 2.24) is 5.32 Å². The Morgan fingerprint density at radius 2 is 2.19 bits per heavy atom. The molecule has 0 amide bonds. The maximum absolute atomic E-state index is 13.0. The van der Waals surface area contributed by atoms with Crippen molar-refractivity contribution in [3.8, 4) is 5.75 Å². The highest BCUT2D eigenvalue weighted by Gasteiger charge is 2.19. The third-order valence-corrected chi connectivity index (χ3v) is 2.61. The van der Waals surface area contributed by atoms with Crippen molar-refractivity contribution in [2.45, 2.75) is 18.9 Å². The molecule has 0 atom stereocenters. The summed E-state index contributed by atoms with van der Waals surface area (Å²) in [6, 6.07) is 5.19. The Balaban J connectivity index is 1.83. The van der Waals surface area contributed by atoms with Gasteiger partial charge in [-0.2, -0.15) is 0 Å². The van der Waals surface area contributed by atoms with Gasteiger partial charge < -0.3 is 15.4 Å². The van der Waals surface area contributed by atoms with Crippen LogP contribution in [0.3, 0.4) is 0 Å². The van der Waals surface area contributed by atoms with Gasteiger partial charge in [0.1, 0.15) is 11.6 Å². The Morgan fingerprint density at radius 3 is 2.88 bits per heavy atom. The molecule has 1 fully saturated rings. The highest BCUT2D eigenvalue weighted by molar-refractivity contribution is 5.56. The largest absolute Gasteiger partial charge is 0.495 e. The second-order valence-electron chi connectivity index (χ2n) is 4.00. The van der Waals surface area contributed by atoms with Crippen molar-refractivity contribution in [1.29, 1.82) is 0 Å². The fourth-order valence-corrected chi connectivity index (χ4v) is 1.58. The lowest BCUT2D eigenvalue weighted by atomic mass is 10.3. The van der Waals surface area contributed by atoms with Gasteiger partial charge in [0.2, 0.25) is 0 Å². The van der Waals surface area contributed by atoms with E-state index in [2.05, 4.69) is 10.6 Å². The van der Waals surface area contributed by atoms with Crippen LogP contribution in [0.25, 0.3) is 0 Å². The molecule has 0 spiro atoms. The summed E-state index contributed by atoms with van der Waals surface area (Å²) in [6.07, 6.45) is 2.56. The highest BCUT2D eigenvalue weighted by atomic mass is 19.1. The zero-order valence-corrected chi connectivity index (χ0v) is 9.42. The van der Waals surface area contributed by atoms with Crippen LogP contribution < -0.4 is 15.4 Å². The van der Waals surface area contributed by atoms with Gasteiger partial charge in [-0.05, 0) is 25.0 Å². The van der Waals surface area contributed by atoms with Crippen LogP contribution in [0.15, 0.2) is 18.2 Å². The number of ether oxygens (including phenoxy) is 1. The van der Waals surface area contributed by atoms with Crippen LogP contribution in [0.2, 0.25) is 0 Å². The van der Waals surface area contributed by atoms with Gasteiger partial charge >= 0.3 is 0 Å². The van der Waals surface area contributed by atoms with E-state index in [4.69, 9.17) is 4.74 Å².